The van der Waals surface area contributed by atoms with Gasteiger partial charge in [0.2, 0.25) is 0 Å². The normalized spacial score (nSPS) is 13.0. The highest BCUT2D eigenvalue weighted by Gasteiger charge is 2.03. The van der Waals surface area contributed by atoms with Gasteiger partial charge in [0.1, 0.15) is 0 Å². The van der Waals surface area contributed by atoms with Crippen LogP contribution >= 0.6 is 0 Å². The Morgan fingerprint density at radius 3 is 2.86 bits per heavy atom. The summed E-state index contributed by atoms with van der Waals surface area (Å²) in [6, 6.07) is 10.5. The molecule has 1 heterocycles. The van der Waals surface area contributed by atoms with Crippen LogP contribution in [0, 0.1) is 0 Å². The zero-order chi connectivity index (χ0) is 9.97. The maximum absolute atomic E-state index is 4.45. The van der Waals surface area contributed by atoms with Crippen molar-refractivity contribution >= 4 is 10.9 Å². The average molecular weight is 185 g/mol. The van der Waals surface area contributed by atoms with Gasteiger partial charge in [0.05, 0.1) is 5.52 Å². The van der Waals surface area contributed by atoms with Crippen LogP contribution in [0.15, 0.2) is 36.5 Å². The van der Waals surface area contributed by atoms with Crippen molar-refractivity contribution in [2.24, 2.45) is 0 Å². The molecule has 1 heteroatoms. The van der Waals surface area contributed by atoms with Gasteiger partial charge in [0.25, 0.3) is 0 Å². The summed E-state index contributed by atoms with van der Waals surface area (Å²) in [5.41, 5.74) is 2.42. The fraction of sp³-hybridized carbons (Fsp3) is 0.308. The monoisotopic (exact) mass is 185 g/mol. The van der Waals surface area contributed by atoms with Gasteiger partial charge in [-0.25, -0.2) is 0 Å². The Kier molecular flexibility index (Phi) is 2.49. The molecule has 1 atom stereocenters. The van der Waals surface area contributed by atoms with Crippen LogP contribution in [0.25, 0.3) is 10.9 Å². The number of fused-ring (bicyclic) bond motifs is 1. The minimum absolute atomic E-state index is 0.604. The summed E-state index contributed by atoms with van der Waals surface area (Å²) in [6.07, 6.45) is 3.16. The van der Waals surface area contributed by atoms with Gasteiger partial charge in [0.15, 0.2) is 0 Å². The van der Waals surface area contributed by atoms with Crippen LogP contribution in [0.1, 0.15) is 31.7 Å². The van der Waals surface area contributed by atoms with Gasteiger partial charge in [0, 0.05) is 11.6 Å². The second-order valence-corrected chi connectivity index (χ2v) is 3.77. The van der Waals surface area contributed by atoms with E-state index in [4.69, 9.17) is 0 Å². The van der Waals surface area contributed by atoms with E-state index in [0.717, 1.165) is 5.52 Å². The number of hydrogen-bond acceptors (Lipinski definition) is 1. The lowest BCUT2D eigenvalue weighted by atomic mass is 9.99. The van der Waals surface area contributed by atoms with E-state index in [1.807, 2.05) is 12.3 Å². The van der Waals surface area contributed by atoms with Crippen molar-refractivity contribution in [1.29, 1.82) is 0 Å². The molecule has 0 radical (unpaired) electrons. The van der Waals surface area contributed by atoms with Gasteiger partial charge in [-0.1, -0.05) is 32.0 Å². The second-order valence-electron chi connectivity index (χ2n) is 3.77. The topological polar surface area (TPSA) is 12.9 Å². The highest BCUT2D eigenvalue weighted by atomic mass is 14.6. The first-order chi connectivity index (χ1) is 6.81. The van der Waals surface area contributed by atoms with Crippen LogP contribution in [-0.4, -0.2) is 4.98 Å². The molecule has 1 nitrogen and oxygen atoms in total. The third-order valence-corrected chi connectivity index (χ3v) is 2.79. The summed E-state index contributed by atoms with van der Waals surface area (Å²) in [5, 5.41) is 1.24. The number of benzene rings is 1. The lowest BCUT2D eigenvalue weighted by Gasteiger charge is -2.08. The molecule has 2 rings (SSSR count). The smallest absolute Gasteiger partial charge is 0.0702 e. The van der Waals surface area contributed by atoms with E-state index in [0.29, 0.717) is 5.92 Å². The van der Waals surface area contributed by atoms with Gasteiger partial charge in [-0.3, -0.25) is 4.98 Å². The Morgan fingerprint density at radius 1 is 1.29 bits per heavy atom. The largest absolute Gasteiger partial charge is 0.256 e. The number of nitrogens with zero attached hydrogens (tertiary/aromatic N) is 1. The lowest BCUT2D eigenvalue weighted by Crippen LogP contribution is -1.92. The summed E-state index contributed by atoms with van der Waals surface area (Å²) in [5.74, 6) is 0.604. The van der Waals surface area contributed by atoms with Crippen molar-refractivity contribution in [3.8, 4) is 0 Å². The van der Waals surface area contributed by atoms with Gasteiger partial charge >= 0.3 is 0 Å². The van der Waals surface area contributed by atoms with Crippen molar-refractivity contribution in [3.63, 3.8) is 0 Å². The molecule has 0 fully saturated rings. The van der Waals surface area contributed by atoms with E-state index in [-0.39, 0.29) is 0 Å². The number of hydrogen-bond donors (Lipinski definition) is 0. The molecule has 0 saturated carbocycles. The lowest BCUT2D eigenvalue weighted by molar-refractivity contribution is 0.731. The van der Waals surface area contributed by atoms with Gasteiger partial charge in [-0.15, -0.1) is 0 Å². The molecule has 0 bridgehead atoms. The quantitative estimate of drug-likeness (QED) is 0.694. The molecule has 0 amide bonds. The summed E-state index contributed by atoms with van der Waals surface area (Å²) >= 11 is 0. The second kappa shape index (κ2) is 3.79. The molecule has 0 N–H and O–H groups in total. The van der Waals surface area contributed by atoms with Crippen molar-refractivity contribution in [2.45, 2.75) is 26.2 Å². The molecule has 0 aliphatic heterocycles. The Bertz CT molecular complexity index is 434. The molecule has 0 saturated heterocycles. The highest BCUT2D eigenvalue weighted by molar-refractivity contribution is 5.78. The van der Waals surface area contributed by atoms with Crippen LogP contribution in [0.4, 0.5) is 0 Å². The predicted octanol–water partition coefficient (Wildman–Crippen LogP) is 3.75. The zero-order valence-corrected chi connectivity index (χ0v) is 8.70. The van der Waals surface area contributed by atoms with Gasteiger partial charge in [-0.2, -0.15) is 0 Å². The van der Waals surface area contributed by atoms with Gasteiger partial charge < -0.3 is 0 Å². The van der Waals surface area contributed by atoms with Crippen molar-refractivity contribution < 1.29 is 0 Å². The third kappa shape index (κ3) is 1.63. The van der Waals surface area contributed by atoms with E-state index in [9.17, 15) is 0 Å². The molecule has 1 unspecified atom stereocenters. The molecule has 1 aromatic carbocycles. The Hall–Kier alpha value is -1.37. The van der Waals surface area contributed by atoms with Crippen molar-refractivity contribution in [1.82, 2.24) is 4.98 Å². The maximum Gasteiger partial charge on any atom is 0.0702 e. The molecule has 72 valence electrons. The van der Waals surface area contributed by atoms with E-state index < -0.39 is 0 Å². The summed E-state index contributed by atoms with van der Waals surface area (Å²) < 4.78 is 0. The van der Waals surface area contributed by atoms with Gasteiger partial charge in [-0.05, 0) is 30.0 Å². The van der Waals surface area contributed by atoms with Crippen LogP contribution in [0.2, 0.25) is 0 Å². The third-order valence-electron chi connectivity index (χ3n) is 2.79. The minimum Gasteiger partial charge on any atom is -0.256 e. The standard InChI is InChI=1S/C13H15N/c1-3-10(2)12-8-11-6-4-5-7-13(11)14-9-12/h4-10H,3H2,1-2H3. The summed E-state index contributed by atoms with van der Waals surface area (Å²) in [7, 11) is 0. The SMILES string of the molecule is CCC(C)c1cnc2ccccc2c1. The molecule has 0 aliphatic rings. The van der Waals surface area contributed by atoms with Crippen LogP contribution in [0.5, 0.6) is 0 Å². The Labute approximate surface area is 84.8 Å². The molecule has 0 aliphatic carbocycles. The minimum atomic E-state index is 0.604. The zero-order valence-electron chi connectivity index (χ0n) is 8.70. The van der Waals surface area contributed by atoms with Crippen molar-refractivity contribution in [2.75, 3.05) is 0 Å². The first kappa shape index (κ1) is 9.20. The number of pyridine rings is 1. The van der Waals surface area contributed by atoms with E-state index >= 15 is 0 Å². The highest BCUT2D eigenvalue weighted by Crippen LogP contribution is 2.21. The Balaban J connectivity index is 2.51. The number of para-hydroxylation sites is 1. The molecule has 1 aromatic heterocycles. The number of aromatic nitrogens is 1. The van der Waals surface area contributed by atoms with E-state index in [2.05, 4.69) is 43.1 Å². The first-order valence-electron chi connectivity index (χ1n) is 5.16. The number of rotatable bonds is 2. The summed E-state index contributed by atoms with van der Waals surface area (Å²) in [6.45, 7) is 4.45. The summed E-state index contributed by atoms with van der Waals surface area (Å²) in [4.78, 5) is 4.45. The van der Waals surface area contributed by atoms with E-state index in [1.54, 1.807) is 0 Å². The fourth-order valence-electron chi connectivity index (χ4n) is 1.59. The first-order valence-corrected chi connectivity index (χ1v) is 5.16. The molecular formula is C13H15N. The van der Waals surface area contributed by atoms with E-state index in [1.165, 1.54) is 17.4 Å². The predicted molar refractivity (Wildman–Crippen MR) is 60.4 cm³/mol. The molecule has 14 heavy (non-hydrogen) atoms. The average Bonchev–Trinajstić information content (AvgIpc) is 2.27. The van der Waals surface area contributed by atoms with Crippen LogP contribution in [0.3, 0.4) is 0 Å². The maximum atomic E-state index is 4.45. The van der Waals surface area contributed by atoms with Crippen LogP contribution in [-0.2, 0) is 0 Å². The van der Waals surface area contributed by atoms with Crippen molar-refractivity contribution in [3.05, 3.63) is 42.1 Å². The molecule has 2 aromatic rings. The molecular weight excluding hydrogens is 170 g/mol. The molecule has 0 spiro atoms. The van der Waals surface area contributed by atoms with Crippen LogP contribution < -0.4 is 0 Å². The Morgan fingerprint density at radius 2 is 2.07 bits per heavy atom. The fourth-order valence-corrected chi connectivity index (χ4v) is 1.59.